The molecule has 31 heavy (non-hydrogen) atoms. The number of hydrogen-bond acceptors (Lipinski definition) is 8. The fourth-order valence-electron chi connectivity index (χ4n) is 4.37. The number of likely N-dealkylation sites (tertiary alicyclic amines) is 1. The first kappa shape index (κ1) is 21.4. The molecule has 3 aliphatic rings. The summed E-state index contributed by atoms with van der Waals surface area (Å²) < 4.78 is 0. The summed E-state index contributed by atoms with van der Waals surface area (Å²) >= 11 is 6.33. The van der Waals surface area contributed by atoms with Gasteiger partial charge in [0, 0.05) is 38.1 Å². The van der Waals surface area contributed by atoms with E-state index in [-0.39, 0.29) is 18.4 Å². The van der Waals surface area contributed by atoms with E-state index in [1.165, 1.54) is 19.0 Å². The maximum absolute atomic E-state index is 12.0. The number of aromatic nitrogens is 2. The normalized spacial score (nSPS) is 25.5. The number of nitrogens with one attached hydrogen (secondary N) is 2. The van der Waals surface area contributed by atoms with E-state index in [1.807, 2.05) is 11.0 Å². The SMILES string of the molecule is N#CCC(=O)N1CC2CC(Nc3nc(NC(C=NCC4CC4)=CN)ncc3Cl)CC2C1. The topological polar surface area (TPSA) is 132 Å². The van der Waals surface area contributed by atoms with E-state index in [4.69, 9.17) is 22.6 Å². The largest absolute Gasteiger partial charge is 0.403 e. The van der Waals surface area contributed by atoms with Crippen molar-refractivity contribution in [1.82, 2.24) is 14.9 Å². The van der Waals surface area contributed by atoms with E-state index in [2.05, 4.69) is 25.6 Å². The zero-order valence-electron chi connectivity index (χ0n) is 17.3. The van der Waals surface area contributed by atoms with Gasteiger partial charge in [0.15, 0.2) is 5.82 Å². The van der Waals surface area contributed by atoms with Crippen LogP contribution in [-0.2, 0) is 4.79 Å². The van der Waals surface area contributed by atoms with Crippen molar-refractivity contribution in [3.05, 3.63) is 23.1 Å². The fraction of sp³-hybridized carbons (Fsp3) is 0.571. The van der Waals surface area contributed by atoms with Crippen LogP contribution in [0.15, 0.2) is 23.1 Å². The van der Waals surface area contributed by atoms with Crippen LogP contribution >= 0.6 is 11.6 Å². The number of halogens is 1. The van der Waals surface area contributed by atoms with Crippen molar-refractivity contribution in [2.24, 2.45) is 28.5 Å². The Morgan fingerprint density at radius 2 is 2.13 bits per heavy atom. The Balaban J connectivity index is 1.33. The third-order valence-electron chi connectivity index (χ3n) is 6.15. The number of fused-ring (bicyclic) bond motifs is 1. The molecule has 10 heteroatoms. The lowest BCUT2D eigenvalue weighted by atomic mass is 10.0. The molecular formula is C21H27ClN8O. The summed E-state index contributed by atoms with van der Waals surface area (Å²) in [6.07, 6.45) is 9.04. The summed E-state index contributed by atoms with van der Waals surface area (Å²) in [6, 6.07) is 2.17. The summed E-state index contributed by atoms with van der Waals surface area (Å²) in [4.78, 5) is 27.0. The molecule has 4 rings (SSSR count). The zero-order valence-corrected chi connectivity index (χ0v) is 18.1. The number of allylic oxidation sites excluding steroid dienone is 1. The quantitative estimate of drug-likeness (QED) is 0.526. The van der Waals surface area contributed by atoms with E-state index < -0.39 is 0 Å². The standard InChI is InChI=1S/C21H27ClN8O/c22-18-10-26-21(28-17(7-24)9-25-8-13-1-2-13)29-20(18)27-16-5-14-11-30(12-15(14)6-16)19(31)3-4-23/h7,9-10,13-16H,1-3,5-6,8,11-12,24H2,(H2,26,27,28,29). The maximum atomic E-state index is 12.0. The van der Waals surface area contributed by atoms with Crippen molar-refractivity contribution in [3.8, 4) is 6.07 Å². The second-order valence-corrected chi connectivity index (χ2v) is 8.95. The number of carbonyl (C=O) groups is 1. The first-order valence-corrected chi connectivity index (χ1v) is 11.1. The smallest absolute Gasteiger partial charge is 0.236 e. The Morgan fingerprint density at radius 3 is 2.77 bits per heavy atom. The van der Waals surface area contributed by atoms with Gasteiger partial charge in [-0.3, -0.25) is 9.79 Å². The Labute approximate surface area is 186 Å². The molecule has 1 aromatic rings. The lowest BCUT2D eigenvalue weighted by molar-refractivity contribution is -0.129. The van der Waals surface area contributed by atoms with Crippen LogP contribution < -0.4 is 16.4 Å². The molecule has 0 radical (unpaired) electrons. The molecular weight excluding hydrogens is 416 g/mol. The molecule has 2 saturated carbocycles. The van der Waals surface area contributed by atoms with Crippen LogP contribution in [0.5, 0.6) is 0 Å². The first-order chi connectivity index (χ1) is 15.1. The maximum Gasteiger partial charge on any atom is 0.236 e. The van der Waals surface area contributed by atoms with Crippen LogP contribution in [-0.4, -0.2) is 52.7 Å². The van der Waals surface area contributed by atoms with E-state index in [0.29, 0.717) is 40.2 Å². The van der Waals surface area contributed by atoms with Gasteiger partial charge in [0.05, 0.1) is 18.0 Å². The number of anilines is 2. The molecule has 1 aliphatic heterocycles. The fourth-order valence-corrected chi connectivity index (χ4v) is 4.52. The number of nitrogens with zero attached hydrogens (tertiary/aromatic N) is 5. The lowest BCUT2D eigenvalue weighted by Gasteiger charge is -2.20. The molecule has 0 bridgehead atoms. The molecule has 2 atom stereocenters. The van der Waals surface area contributed by atoms with Crippen molar-refractivity contribution in [2.45, 2.75) is 38.1 Å². The number of amides is 1. The van der Waals surface area contributed by atoms with Gasteiger partial charge in [-0.05, 0) is 43.4 Å². The predicted molar refractivity (Wildman–Crippen MR) is 119 cm³/mol. The average molecular weight is 443 g/mol. The minimum Gasteiger partial charge on any atom is -0.403 e. The number of rotatable bonds is 8. The second kappa shape index (κ2) is 9.52. The van der Waals surface area contributed by atoms with Crippen molar-refractivity contribution in [3.63, 3.8) is 0 Å². The summed E-state index contributed by atoms with van der Waals surface area (Å²) in [7, 11) is 0. The van der Waals surface area contributed by atoms with Crippen molar-refractivity contribution in [1.29, 1.82) is 5.26 Å². The number of carbonyl (C=O) groups excluding carboxylic acids is 1. The molecule has 1 aromatic heterocycles. The molecule has 3 fully saturated rings. The van der Waals surface area contributed by atoms with Gasteiger partial charge in [-0.15, -0.1) is 0 Å². The van der Waals surface area contributed by atoms with Crippen LogP contribution in [0.3, 0.4) is 0 Å². The number of nitriles is 1. The highest BCUT2D eigenvalue weighted by Gasteiger charge is 2.42. The summed E-state index contributed by atoms with van der Waals surface area (Å²) in [5.74, 6) is 2.49. The molecule has 0 aromatic carbocycles. The summed E-state index contributed by atoms with van der Waals surface area (Å²) in [5.41, 5.74) is 6.33. The average Bonchev–Trinajstić information content (AvgIpc) is 3.37. The second-order valence-electron chi connectivity index (χ2n) is 8.54. The number of aliphatic imine (C=N–C) groups is 1. The number of hydrogen-bond donors (Lipinski definition) is 3. The van der Waals surface area contributed by atoms with Gasteiger partial charge in [-0.2, -0.15) is 10.2 Å². The monoisotopic (exact) mass is 442 g/mol. The predicted octanol–water partition coefficient (Wildman–Crippen LogP) is 2.39. The van der Waals surface area contributed by atoms with E-state index >= 15 is 0 Å². The van der Waals surface area contributed by atoms with Gasteiger partial charge in [-0.1, -0.05) is 11.6 Å². The van der Waals surface area contributed by atoms with Crippen molar-refractivity contribution in [2.75, 3.05) is 30.3 Å². The Bertz CT molecular complexity index is 908. The van der Waals surface area contributed by atoms with Crippen molar-refractivity contribution >= 4 is 35.5 Å². The van der Waals surface area contributed by atoms with Crippen molar-refractivity contribution < 1.29 is 4.79 Å². The van der Waals surface area contributed by atoms with Gasteiger partial charge in [0.1, 0.15) is 11.4 Å². The van der Waals surface area contributed by atoms with Gasteiger partial charge < -0.3 is 21.3 Å². The third-order valence-corrected chi connectivity index (χ3v) is 6.42. The lowest BCUT2D eigenvalue weighted by Crippen LogP contribution is -2.30. The Morgan fingerprint density at radius 1 is 1.39 bits per heavy atom. The zero-order chi connectivity index (χ0) is 21.8. The van der Waals surface area contributed by atoms with E-state index in [0.717, 1.165) is 32.5 Å². The van der Waals surface area contributed by atoms with Crippen LogP contribution in [0.4, 0.5) is 11.8 Å². The van der Waals surface area contributed by atoms with Gasteiger partial charge in [-0.25, -0.2) is 4.98 Å². The molecule has 0 spiro atoms. The highest BCUT2D eigenvalue weighted by molar-refractivity contribution is 6.32. The van der Waals surface area contributed by atoms with Gasteiger partial charge in [0.2, 0.25) is 11.9 Å². The molecule has 164 valence electrons. The highest BCUT2D eigenvalue weighted by atomic mass is 35.5. The summed E-state index contributed by atoms with van der Waals surface area (Å²) in [6.45, 7) is 2.26. The molecule has 2 heterocycles. The van der Waals surface area contributed by atoms with Crippen LogP contribution in [0.1, 0.15) is 32.1 Å². The van der Waals surface area contributed by atoms with Crippen LogP contribution in [0, 0.1) is 29.1 Å². The molecule has 2 aliphatic carbocycles. The van der Waals surface area contributed by atoms with E-state index in [9.17, 15) is 4.79 Å². The minimum absolute atomic E-state index is 0.0437. The minimum atomic E-state index is -0.0691. The molecule has 2 unspecified atom stereocenters. The van der Waals surface area contributed by atoms with E-state index in [1.54, 1.807) is 12.4 Å². The summed E-state index contributed by atoms with van der Waals surface area (Å²) in [5, 5.41) is 15.7. The van der Waals surface area contributed by atoms with Crippen LogP contribution in [0.25, 0.3) is 0 Å². The highest BCUT2D eigenvalue weighted by Crippen LogP contribution is 2.40. The molecule has 1 saturated heterocycles. The Hall–Kier alpha value is -2.86. The molecule has 9 nitrogen and oxygen atoms in total. The first-order valence-electron chi connectivity index (χ1n) is 10.7. The number of nitrogens with two attached hydrogens (primary N) is 1. The molecule has 1 amide bonds. The molecule has 4 N–H and O–H groups in total. The van der Waals surface area contributed by atoms with Crippen LogP contribution in [0.2, 0.25) is 5.02 Å². The third kappa shape index (κ3) is 5.44. The van der Waals surface area contributed by atoms with Gasteiger partial charge in [0.25, 0.3) is 0 Å². The van der Waals surface area contributed by atoms with Gasteiger partial charge >= 0.3 is 0 Å². The Kier molecular flexibility index (Phi) is 6.56.